The molecule has 0 aliphatic carbocycles. The lowest BCUT2D eigenvalue weighted by Crippen LogP contribution is -2.36. The Bertz CT molecular complexity index is 738. The summed E-state index contributed by atoms with van der Waals surface area (Å²) < 4.78 is 6.58. The molecule has 25 heavy (non-hydrogen) atoms. The molecular weight excluding hydrogens is 374 g/mol. The molecule has 0 radical (unpaired) electrons. The molecule has 0 saturated carbocycles. The lowest BCUT2D eigenvalue weighted by atomic mass is 9.90. The lowest BCUT2D eigenvalue weighted by Gasteiger charge is -2.40. The molecule has 2 aromatic carbocycles. The van der Waals surface area contributed by atoms with E-state index in [0.717, 1.165) is 23.2 Å². The first-order chi connectivity index (χ1) is 11.9. The third-order valence-corrected chi connectivity index (χ3v) is 6.48. The van der Waals surface area contributed by atoms with E-state index in [1.165, 1.54) is 22.3 Å². The van der Waals surface area contributed by atoms with Crippen molar-refractivity contribution < 1.29 is 4.74 Å². The van der Waals surface area contributed by atoms with Gasteiger partial charge in [0.15, 0.2) is 0 Å². The molecule has 0 bridgehead atoms. The Labute approximate surface area is 160 Å². The zero-order valence-corrected chi connectivity index (χ0v) is 17.4. The molecule has 1 unspecified atom stereocenters. The first-order valence-corrected chi connectivity index (χ1v) is 9.94. The molecule has 0 N–H and O–H groups in total. The predicted octanol–water partition coefficient (Wildman–Crippen LogP) is 6.26. The van der Waals surface area contributed by atoms with E-state index in [4.69, 9.17) is 4.74 Å². The van der Waals surface area contributed by atoms with Gasteiger partial charge in [-0.1, -0.05) is 44.2 Å². The quantitative estimate of drug-likeness (QED) is 0.598. The SMILES string of the molecule is COc1ccc2c(c1Br)CCN(C(C)c1ccc(C(C)C)cc1)[C@@H]2C. The first kappa shape index (κ1) is 18.5. The third kappa shape index (κ3) is 3.50. The van der Waals surface area contributed by atoms with Crippen molar-refractivity contribution in [2.45, 2.75) is 52.1 Å². The van der Waals surface area contributed by atoms with Crippen LogP contribution in [-0.4, -0.2) is 18.6 Å². The number of benzene rings is 2. The van der Waals surface area contributed by atoms with E-state index in [-0.39, 0.29) is 0 Å². The van der Waals surface area contributed by atoms with Crippen LogP contribution in [0.2, 0.25) is 0 Å². The Morgan fingerprint density at radius 2 is 1.68 bits per heavy atom. The molecule has 0 spiro atoms. The fraction of sp³-hybridized carbons (Fsp3) is 0.455. The minimum Gasteiger partial charge on any atom is -0.496 e. The van der Waals surface area contributed by atoms with E-state index in [2.05, 4.69) is 84.9 Å². The Balaban J connectivity index is 1.86. The normalized spacial score (nSPS) is 18.9. The number of ether oxygens (including phenoxy) is 1. The highest BCUT2D eigenvalue weighted by Gasteiger charge is 2.30. The standard InChI is InChI=1S/C22H28BrNO/c1-14(2)17-6-8-18(9-7-17)15(3)24-13-12-20-19(16(24)4)10-11-21(25-5)22(20)23/h6-11,14-16H,12-13H2,1-5H3/t15?,16-/m1/s1. The van der Waals surface area contributed by atoms with Gasteiger partial charge in [0.25, 0.3) is 0 Å². The second kappa shape index (κ2) is 7.51. The summed E-state index contributed by atoms with van der Waals surface area (Å²) >= 11 is 3.73. The molecule has 3 rings (SSSR count). The van der Waals surface area contributed by atoms with Gasteiger partial charge in [0, 0.05) is 18.6 Å². The number of methoxy groups -OCH3 is 1. The molecular formula is C22H28BrNO. The van der Waals surface area contributed by atoms with Crippen molar-refractivity contribution >= 4 is 15.9 Å². The van der Waals surface area contributed by atoms with E-state index in [9.17, 15) is 0 Å². The van der Waals surface area contributed by atoms with Crippen LogP contribution in [0.15, 0.2) is 40.9 Å². The maximum absolute atomic E-state index is 5.46. The van der Waals surface area contributed by atoms with Gasteiger partial charge in [-0.3, -0.25) is 4.90 Å². The third-order valence-electron chi connectivity index (χ3n) is 5.61. The molecule has 0 amide bonds. The summed E-state index contributed by atoms with van der Waals surface area (Å²) in [5.74, 6) is 1.51. The number of halogens is 1. The Morgan fingerprint density at radius 3 is 2.28 bits per heavy atom. The zero-order valence-electron chi connectivity index (χ0n) is 15.8. The molecule has 1 aliphatic rings. The second-order valence-corrected chi connectivity index (χ2v) is 8.10. The maximum atomic E-state index is 5.46. The van der Waals surface area contributed by atoms with E-state index in [0.29, 0.717) is 18.0 Å². The summed E-state index contributed by atoms with van der Waals surface area (Å²) in [7, 11) is 1.73. The number of nitrogens with zero attached hydrogens (tertiary/aromatic N) is 1. The summed E-state index contributed by atoms with van der Waals surface area (Å²) in [4.78, 5) is 2.60. The molecule has 134 valence electrons. The van der Waals surface area contributed by atoms with Crippen molar-refractivity contribution in [3.8, 4) is 5.75 Å². The summed E-state index contributed by atoms with van der Waals surface area (Å²) in [5, 5.41) is 0. The first-order valence-electron chi connectivity index (χ1n) is 9.15. The fourth-order valence-electron chi connectivity index (χ4n) is 3.91. The largest absolute Gasteiger partial charge is 0.496 e. The van der Waals surface area contributed by atoms with Gasteiger partial charge in [-0.15, -0.1) is 0 Å². The fourth-order valence-corrected chi connectivity index (χ4v) is 4.63. The maximum Gasteiger partial charge on any atom is 0.133 e. The molecule has 1 aliphatic heterocycles. The van der Waals surface area contributed by atoms with Gasteiger partial charge in [-0.05, 0) is 70.4 Å². The smallest absolute Gasteiger partial charge is 0.133 e. The number of fused-ring (bicyclic) bond motifs is 1. The highest BCUT2D eigenvalue weighted by Crippen LogP contribution is 2.41. The van der Waals surface area contributed by atoms with Gasteiger partial charge < -0.3 is 4.74 Å². The highest BCUT2D eigenvalue weighted by molar-refractivity contribution is 9.10. The van der Waals surface area contributed by atoms with Crippen molar-refractivity contribution in [3.05, 3.63) is 63.1 Å². The number of hydrogen-bond donors (Lipinski definition) is 0. The minimum atomic E-state index is 0.394. The molecule has 1 heterocycles. The van der Waals surface area contributed by atoms with Crippen molar-refractivity contribution in [2.75, 3.05) is 13.7 Å². The summed E-state index contributed by atoms with van der Waals surface area (Å²) in [5.41, 5.74) is 5.60. The molecule has 0 saturated heterocycles. The molecule has 0 aromatic heterocycles. The van der Waals surface area contributed by atoms with Crippen LogP contribution in [0.3, 0.4) is 0 Å². The molecule has 0 fully saturated rings. The second-order valence-electron chi connectivity index (χ2n) is 7.31. The lowest BCUT2D eigenvalue weighted by molar-refractivity contribution is 0.144. The molecule has 2 nitrogen and oxygen atoms in total. The van der Waals surface area contributed by atoms with Gasteiger partial charge >= 0.3 is 0 Å². The average molecular weight is 402 g/mol. The van der Waals surface area contributed by atoms with Crippen LogP contribution >= 0.6 is 15.9 Å². The van der Waals surface area contributed by atoms with Gasteiger partial charge in [-0.2, -0.15) is 0 Å². The zero-order chi connectivity index (χ0) is 18.1. The van der Waals surface area contributed by atoms with Crippen LogP contribution in [0, 0.1) is 0 Å². The summed E-state index contributed by atoms with van der Waals surface area (Å²) in [6.45, 7) is 10.2. The Morgan fingerprint density at radius 1 is 1.04 bits per heavy atom. The predicted molar refractivity (Wildman–Crippen MR) is 108 cm³/mol. The van der Waals surface area contributed by atoms with Crippen LogP contribution in [0.4, 0.5) is 0 Å². The van der Waals surface area contributed by atoms with E-state index in [1.54, 1.807) is 7.11 Å². The summed E-state index contributed by atoms with van der Waals surface area (Å²) in [6, 6.07) is 14.3. The monoisotopic (exact) mass is 401 g/mol. The van der Waals surface area contributed by atoms with Crippen molar-refractivity contribution in [2.24, 2.45) is 0 Å². The van der Waals surface area contributed by atoms with Gasteiger partial charge in [0.1, 0.15) is 5.75 Å². The van der Waals surface area contributed by atoms with E-state index >= 15 is 0 Å². The van der Waals surface area contributed by atoms with Gasteiger partial charge in [0.05, 0.1) is 11.6 Å². The molecule has 3 heteroatoms. The average Bonchev–Trinajstić information content (AvgIpc) is 2.62. The Kier molecular flexibility index (Phi) is 5.55. The van der Waals surface area contributed by atoms with Gasteiger partial charge in [0.2, 0.25) is 0 Å². The van der Waals surface area contributed by atoms with Crippen molar-refractivity contribution in [3.63, 3.8) is 0 Å². The topological polar surface area (TPSA) is 12.5 Å². The Hall–Kier alpha value is -1.32. The van der Waals surface area contributed by atoms with Crippen molar-refractivity contribution in [1.29, 1.82) is 0 Å². The minimum absolute atomic E-state index is 0.394. The van der Waals surface area contributed by atoms with Crippen LogP contribution in [0.5, 0.6) is 5.75 Å². The van der Waals surface area contributed by atoms with E-state index < -0.39 is 0 Å². The number of hydrogen-bond acceptors (Lipinski definition) is 2. The molecule has 2 aromatic rings. The van der Waals surface area contributed by atoms with Gasteiger partial charge in [-0.25, -0.2) is 0 Å². The van der Waals surface area contributed by atoms with Crippen LogP contribution in [0.1, 0.15) is 68.0 Å². The molecule has 2 atom stereocenters. The number of rotatable bonds is 4. The van der Waals surface area contributed by atoms with Crippen LogP contribution in [0.25, 0.3) is 0 Å². The highest BCUT2D eigenvalue weighted by atomic mass is 79.9. The van der Waals surface area contributed by atoms with Crippen LogP contribution < -0.4 is 4.74 Å². The summed E-state index contributed by atoms with van der Waals surface area (Å²) in [6.07, 6.45) is 1.05. The van der Waals surface area contributed by atoms with Crippen molar-refractivity contribution in [1.82, 2.24) is 4.90 Å². The van der Waals surface area contributed by atoms with Crippen LogP contribution in [-0.2, 0) is 6.42 Å². The van der Waals surface area contributed by atoms with E-state index in [1.807, 2.05) is 0 Å².